The molecule has 3 rings (SSSR count). The highest BCUT2D eigenvalue weighted by atomic mass is 79.9. The van der Waals surface area contributed by atoms with Crippen LogP contribution in [0.15, 0.2) is 45.9 Å². The number of hydrogen-bond donors (Lipinski definition) is 1. The van der Waals surface area contributed by atoms with Gasteiger partial charge >= 0.3 is 0 Å². The molecule has 0 saturated carbocycles. The number of aromatic nitrogens is 3. The van der Waals surface area contributed by atoms with E-state index < -0.39 is 0 Å². The summed E-state index contributed by atoms with van der Waals surface area (Å²) in [6.07, 6.45) is 3.04. The molecule has 0 unspecified atom stereocenters. The second kappa shape index (κ2) is 5.12. The summed E-state index contributed by atoms with van der Waals surface area (Å²) in [5.74, 6) is 0. The summed E-state index contributed by atoms with van der Waals surface area (Å²) < 4.78 is 2.53. The molecule has 0 radical (unpaired) electrons. The highest BCUT2D eigenvalue weighted by Gasteiger charge is 2.10. The van der Waals surface area contributed by atoms with E-state index in [1.165, 1.54) is 10.8 Å². The number of halogens is 2. The van der Waals surface area contributed by atoms with Crippen molar-refractivity contribution in [3.63, 3.8) is 0 Å². The molecule has 0 fully saturated rings. The smallest absolute Gasteiger partial charge is 0.266 e. The lowest BCUT2D eigenvalue weighted by Crippen LogP contribution is -2.20. The topological polar surface area (TPSA) is 50.7 Å². The Morgan fingerprint density at radius 1 is 1.35 bits per heavy atom. The molecular formula is C13H7BrClN3OS. The number of rotatable bonds is 1. The van der Waals surface area contributed by atoms with Gasteiger partial charge in [0, 0.05) is 16.9 Å². The van der Waals surface area contributed by atoms with Crippen molar-refractivity contribution in [2.24, 2.45) is 0 Å². The molecule has 0 aliphatic carbocycles. The lowest BCUT2D eigenvalue weighted by Gasteiger charge is -2.09. The largest absolute Gasteiger partial charge is 0.331 e. The third-order valence-corrected chi connectivity index (χ3v) is 3.92. The van der Waals surface area contributed by atoms with E-state index >= 15 is 0 Å². The molecule has 7 heteroatoms. The number of H-pyrrole nitrogens is 1. The van der Waals surface area contributed by atoms with Gasteiger partial charge in [-0.15, -0.1) is 0 Å². The predicted molar refractivity (Wildman–Crippen MR) is 85.2 cm³/mol. The summed E-state index contributed by atoms with van der Waals surface area (Å²) in [5, 5.41) is 0.903. The van der Waals surface area contributed by atoms with Crippen LogP contribution in [0.2, 0.25) is 5.02 Å². The van der Waals surface area contributed by atoms with Crippen LogP contribution < -0.4 is 5.56 Å². The maximum Gasteiger partial charge on any atom is 0.266 e. The Hall–Kier alpha value is -1.50. The number of benzene rings is 1. The van der Waals surface area contributed by atoms with Crippen LogP contribution in [0.1, 0.15) is 0 Å². The quantitative estimate of drug-likeness (QED) is 0.664. The van der Waals surface area contributed by atoms with Crippen molar-refractivity contribution in [1.29, 1.82) is 0 Å². The van der Waals surface area contributed by atoms with E-state index in [1.807, 2.05) is 6.07 Å². The maximum absolute atomic E-state index is 12.6. The van der Waals surface area contributed by atoms with Gasteiger partial charge in [-0.2, -0.15) is 0 Å². The van der Waals surface area contributed by atoms with Gasteiger partial charge in [0.15, 0.2) is 4.77 Å². The van der Waals surface area contributed by atoms with Gasteiger partial charge in [0.05, 0.1) is 21.6 Å². The second-order valence-electron chi connectivity index (χ2n) is 4.09. The van der Waals surface area contributed by atoms with E-state index in [0.29, 0.717) is 21.6 Å². The zero-order valence-electron chi connectivity index (χ0n) is 9.93. The van der Waals surface area contributed by atoms with Crippen molar-refractivity contribution >= 4 is 50.7 Å². The second-order valence-corrected chi connectivity index (χ2v) is 5.80. The molecule has 0 spiro atoms. The van der Waals surface area contributed by atoms with E-state index in [4.69, 9.17) is 23.8 Å². The minimum absolute atomic E-state index is 0.218. The van der Waals surface area contributed by atoms with E-state index in [0.717, 1.165) is 4.47 Å². The van der Waals surface area contributed by atoms with Gasteiger partial charge in [-0.05, 0) is 36.5 Å². The minimum Gasteiger partial charge on any atom is -0.331 e. The van der Waals surface area contributed by atoms with Crippen molar-refractivity contribution in [3.05, 3.63) is 61.3 Å². The van der Waals surface area contributed by atoms with Crippen molar-refractivity contribution < 1.29 is 0 Å². The fourth-order valence-electron chi connectivity index (χ4n) is 1.96. The first-order chi connectivity index (χ1) is 9.58. The van der Waals surface area contributed by atoms with Crippen molar-refractivity contribution in [2.75, 3.05) is 0 Å². The van der Waals surface area contributed by atoms with Crippen LogP contribution in [0, 0.1) is 4.77 Å². The van der Waals surface area contributed by atoms with E-state index in [9.17, 15) is 4.79 Å². The molecule has 0 bridgehead atoms. The molecule has 3 aromatic rings. The highest BCUT2D eigenvalue weighted by molar-refractivity contribution is 9.10. The van der Waals surface area contributed by atoms with Crippen molar-refractivity contribution in [1.82, 2.24) is 14.5 Å². The molecule has 1 N–H and O–H groups in total. The number of nitrogens with one attached hydrogen (secondary N) is 1. The van der Waals surface area contributed by atoms with Crippen molar-refractivity contribution in [2.45, 2.75) is 0 Å². The summed E-state index contributed by atoms with van der Waals surface area (Å²) in [5.41, 5.74) is 0.970. The van der Waals surface area contributed by atoms with Gasteiger partial charge in [0.1, 0.15) is 0 Å². The first-order valence-corrected chi connectivity index (χ1v) is 7.20. The van der Waals surface area contributed by atoms with Crippen LogP contribution in [0.5, 0.6) is 0 Å². The van der Waals surface area contributed by atoms with Gasteiger partial charge in [-0.1, -0.05) is 27.5 Å². The molecule has 4 nitrogen and oxygen atoms in total. The molecule has 100 valence electrons. The first-order valence-electron chi connectivity index (χ1n) is 5.62. The van der Waals surface area contributed by atoms with Crippen LogP contribution >= 0.6 is 39.7 Å². The molecule has 0 aliphatic heterocycles. The number of aromatic amines is 1. The summed E-state index contributed by atoms with van der Waals surface area (Å²) in [4.78, 5) is 19.5. The lowest BCUT2D eigenvalue weighted by atomic mass is 10.2. The highest BCUT2D eigenvalue weighted by Crippen LogP contribution is 2.20. The van der Waals surface area contributed by atoms with Gasteiger partial charge in [-0.25, -0.2) is 0 Å². The predicted octanol–water partition coefficient (Wildman–Crippen LogP) is 3.86. The Balaban J connectivity index is 2.44. The Bertz CT molecular complexity index is 935. The van der Waals surface area contributed by atoms with Crippen LogP contribution in [0.3, 0.4) is 0 Å². The Morgan fingerprint density at radius 3 is 2.90 bits per heavy atom. The molecule has 20 heavy (non-hydrogen) atoms. The van der Waals surface area contributed by atoms with Crippen molar-refractivity contribution in [3.8, 4) is 5.69 Å². The average Bonchev–Trinajstić information content (AvgIpc) is 2.40. The Morgan fingerprint density at radius 2 is 2.15 bits per heavy atom. The normalized spacial score (nSPS) is 10.9. The molecule has 0 atom stereocenters. The average molecular weight is 369 g/mol. The number of hydrogen-bond acceptors (Lipinski definition) is 3. The van der Waals surface area contributed by atoms with Crippen LogP contribution in [0.4, 0.5) is 0 Å². The lowest BCUT2D eigenvalue weighted by molar-refractivity contribution is 0.936. The fraction of sp³-hybridized carbons (Fsp3) is 0. The summed E-state index contributed by atoms with van der Waals surface area (Å²) in [6, 6.07) is 7.00. The number of fused-ring (bicyclic) bond motifs is 1. The first kappa shape index (κ1) is 13.5. The summed E-state index contributed by atoms with van der Waals surface area (Å²) >= 11 is 14.7. The molecule has 0 amide bonds. The standard InChI is InChI=1S/C13H7BrClN3OS/c14-7-1-2-8-10(5-7)17-13(20)18(12(8)19)11-3-4-16-6-9(11)15/h1-6H,(H,17,20). The summed E-state index contributed by atoms with van der Waals surface area (Å²) in [7, 11) is 0. The van der Waals surface area contributed by atoms with Gasteiger partial charge in [-0.3, -0.25) is 14.3 Å². The maximum atomic E-state index is 12.6. The molecule has 2 aromatic heterocycles. The molecule has 0 aliphatic rings. The number of nitrogens with zero attached hydrogens (tertiary/aromatic N) is 2. The van der Waals surface area contributed by atoms with Crippen LogP contribution in [-0.2, 0) is 0 Å². The molecule has 1 aromatic carbocycles. The monoisotopic (exact) mass is 367 g/mol. The molecule has 0 saturated heterocycles. The van der Waals surface area contributed by atoms with Gasteiger partial charge < -0.3 is 4.98 Å². The van der Waals surface area contributed by atoms with Crippen LogP contribution in [0.25, 0.3) is 16.6 Å². The molecular weight excluding hydrogens is 362 g/mol. The van der Waals surface area contributed by atoms with Gasteiger partial charge in [0.25, 0.3) is 5.56 Å². The van der Waals surface area contributed by atoms with Crippen LogP contribution in [-0.4, -0.2) is 14.5 Å². The third-order valence-electron chi connectivity index (χ3n) is 2.85. The van der Waals surface area contributed by atoms with Gasteiger partial charge in [0.2, 0.25) is 0 Å². The SMILES string of the molecule is O=c1c2ccc(Br)cc2[nH]c(=S)n1-c1ccncc1Cl. The number of pyridine rings is 1. The molecule has 2 heterocycles. The van der Waals surface area contributed by atoms with E-state index in [1.54, 1.807) is 24.4 Å². The summed E-state index contributed by atoms with van der Waals surface area (Å²) in [6.45, 7) is 0. The zero-order valence-corrected chi connectivity index (χ0v) is 13.1. The zero-order chi connectivity index (χ0) is 14.3. The Labute approximate surface area is 132 Å². The fourth-order valence-corrected chi connectivity index (χ4v) is 2.81. The van der Waals surface area contributed by atoms with E-state index in [-0.39, 0.29) is 10.3 Å². The third kappa shape index (κ3) is 2.19. The minimum atomic E-state index is -0.218. The Kier molecular flexibility index (Phi) is 3.45. The van der Waals surface area contributed by atoms with E-state index in [2.05, 4.69) is 25.9 Å².